The van der Waals surface area contributed by atoms with E-state index in [9.17, 15) is 0 Å². The van der Waals surface area contributed by atoms with Crippen molar-refractivity contribution in [2.45, 2.75) is 27.7 Å². The molecule has 0 rings (SSSR count). The summed E-state index contributed by atoms with van der Waals surface area (Å²) in [6.45, 7) is 8.00. The minimum absolute atomic E-state index is 1.17. The van der Waals surface area contributed by atoms with Gasteiger partial charge >= 0.3 is 0 Å². The van der Waals surface area contributed by atoms with Gasteiger partial charge in [-0.05, 0) is 38.8 Å². The van der Waals surface area contributed by atoms with E-state index in [-0.39, 0.29) is 0 Å². The van der Waals surface area contributed by atoms with Crippen LogP contribution in [0.4, 0.5) is 0 Å². The van der Waals surface area contributed by atoms with Crippen molar-refractivity contribution in [2.75, 3.05) is 14.2 Å². The molecule has 72 valence electrons. The molecule has 0 fully saturated rings. The molecule has 0 aromatic heterocycles. The molecule has 0 heterocycles. The molecule has 0 aliphatic carbocycles. The van der Waals surface area contributed by atoms with Crippen molar-refractivity contribution in [3.05, 3.63) is 23.7 Å². The van der Waals surface area contributed by atoms with Crippen LogP contribution in [0.2, 0.25) is 0 Å². The molecule has 2 heteroatoms. The van der Waals surface area contributed by atoms with Gasteiger partial charge in [-0.15, -0.1) is 0 Å². The quantitative estimate of drug-likeness (QED) is 0.596. The molecule has 12 heavy (non-hydrogen) atoms. The summed E-state index contributed by atoms with van der Waals surface area (Å²) >= 11 is 0. The van der Waals surface area contributed by atoms with Gasteiger partial charge in [0, 0.05) is 14.2 Å². The second-order valence-electron chi connectivity index (χ2n) is 2.93. The van der Waals surface area contributed by atoms with Gasteiger partial charge < -0.3 is 9.47 Å². The number of rotatable bonds is 2. The molecule has 0 unspecified atom stereocenters. The third kappa shape index (κ3) is 22.8. The fourth-order valence-corrected chi connectivity index (χ4v) is 0.306. The van der Waals surface area contributed by atoms with Crippen molar-refractivity contribution in [3.63, 3.8) is 0 Å². The first-order chi connectivity index (χ1) is 5.54. The lowest BCUT2D eigenvalue weighted by Crippen LogP contribution is -1.71. The molecule has 0 bridgehead atoms. The van der Waals surface area contributed by atoms with E-state index < -0.39 is 0 Å². The Morgan fingerprint density at radius 2 is 1.08 bits per heavy atom. The zero-order valence-corrected chi connectivity index (χ0v) is 8.97. The Bertz CT molecular complexity index is 122. The summed E-state index contributed by atoms with van der Waals surface area (Å²) in [6, 6.07) is 0. The SMILES string of the molecule is CC(C)=COC=C(C)C.COC. The smallest absolute Gasteiger partial charge is 0.0887 e. The number of allylic oxidation sites excluding steroid dienone is 2. The average Bonchev–Trinajstić information content (AvgIpc) is 1.87. The van der Waals surface area contributed by atoms with E-state index in [2.05, 4.69) is 4.74 Å². The van der Waals surface area contributed by atoms with E-state index in [1.54, 1.807) is 26.7 Å². The van der Waals surface area contributed by atoms with Crippen molar-refractivity contribution in [2.24, 2.45) is 0 Å². The van der Waals surface area contributed by atoms with E-state index >= 15 is 0 Å². The Morgan fingerprint density at radius 3 is 1.25 bits per heavy atom. The van der Waals surface area contributed by atoms with Crippen LogP contribution in [0.25, 0.3) is 0 Å². The normalized spacial score (nSPS) is 7.50. The molecule has 0 saturated heterocycles. The van der Waals surface area contributed by atoms with Gasteiger partial charge in [0.15, 0.2) is 0 Å². The second-order valence-corrected chi connectivity index (χ2v) is 2.93. The van der Waals surface area contributed by atoms with E-state index in [1.807, 2.05) is 27.7 Å². The molecular weight excluding hydrogens is 152 g/mol. The van der Waals surface area contributed by atoms with Crippen LogP contribution in [0.15, 0.2) is 23.7 Å². The molecule has 0 radical (unpaired) electrons. The van der Waals surface area contributed by atoms with E-state index in [4.69, 9.17) is 4.74 Å². The van der Waals surface area contributed by atoms with Crippen molar-refractivity contribution >= 4 is 0 Å². The van der Waals surface area contributed by atoms with E-state index in [0.29, 0.717) is 0 Å². The van der Waals surface area contributed by atoms with Crippen LogP contribution >= 0.6 is 0 Å². The van der Waals surface area contributed by atoms with E-state index in [0.717, 1.165) is 0 Å². The first kappa shape index (κ1) is 13.8. The van der Waals surface area contributed by atoms with Crippen LogP contribution in [0.3, 0.4) is 0 Å². The molecule has 2 nitrogen and oxygen atoms in total. The highest BCUT2D eigenvalue weighted by atomic mass is 16.5. The van der Waals surface area contributed by atoms with Crippen LogP contribution in [-0.4, -0.2) is 14.2 Å². The van der Waals surface area contributed by atoms with Crippen LogP contribution in [0, 0.1) is 0 Å². The third-order valence-corrected chi connectivity index (χ3v) is 0.607. The first-order valence-electron chi connectivity index (χ1n) is 3.87. The predicted octanol–water partition coefficient (Wildman–Crippen LogP) is 3.11. The van der Waals surface area contributed by atoms with Crippen LogP contribution in [0.1, 0.15) is 27.7 Å². The molecule has 0 aromatic rings. The zero-order chi connectivity index (χ0) is 9.98. The Morgan fingerprint density at radius 1 is 0.833 bits per heavy atom. The molecular formula is C10H20O2. The number of ether oxygens (including phenoxy) is 2. The number of hydrogen-bond donors (Lipinski definition) is 0. The van der Waals surface area contributed by atoms with Gasteiger partial charge in [0.05, 0.1) is 12.5 Å². The van der Waals surface area contributed by atoms with Gasteiger partial charge in [0.2, 0.25) is 0 Å². The topological polar surface area (TPSA) is 18.5 Å². The molecule has 0 N–H and O–H groups in total. The minimum atomic E-state index is 1.17. The predicted molar refractivity (Wildman–Crippen MR) is 52.9 cm³/mol. The van der Waals surface area contributed by atoms with Crippen molar-refractivity contribution in [3.8, 4) is 0 Å². The van der Waals surface area contributed by atoms with Gasteiger partial charge in [-0.3, -0.25) is 0 Å². The maximum absolute atomic E-state index is 5.03. The molecule has 0 atom stereocenters. The average molecular weight is 172 g/mol. The fraction of sp³-hybridized carbons (Fsp3) is 0.600. The summed E-state index contributed by atoms with van der Waals surface area (Å²) in [5, 5.41) is 0. The van der Waals surface area contributed by atoms with Crippen LogP contribution in [0.5, 0.6) is 0 Å². The molecule has 0 saturated carbocycles. The largest absolute Gasteiger partial charge is 0.473 e. The maximum Gasteiger partial charge on any atom is 0.0887 e. The fourth-order valence-electron chi connectivity index (χ4n) is 0.306. The lowest BCUT2D eigenvalue weighted by molar-refractivity contribution is 0.277. The number of methoxy groups -OCH3 is 1. The number of hydrogen-bond acceptors (Lipinski definition) is 2. The van der Waals surface area contributed by atoms with Crippen molar-refractivity contribution in [1.82, 2.24) is 0 Å². The summed E-state index contributed by atoms with van der Waals surface area (Å²) in [5.74, 6) is 0. The summed E-state index contributed by atoms with van der Waals surface area (Å²) in [7, 11) is 3.25. The highest BCUT2D eigenvalue weighted by Crippen LogP contribution is 1.93. The standard InChI is InChI=1S/C8H14O.C2H6O/c1-7(2)5-9-6-8(3)4;1-3-2/h5-6H,1-4H3;1-2H3. The Labute approximate surface area is 75.9 Å². The lowest BCUT2D eigenvalue weighted by atomic mass is 10.4. The minimum Gasteiger partial charge on any atom is -0.473 e. The van der Waals surface area contributed by atoms with Crippen LogP contribution in [-0.2, 0) is 9.47 Å². The maximum atomic E-state index is 5.03. The van der Waals surface area contributed by atoms with Gasteiger partial charge in [-0.2, -0.15) is 0 Å². The first-order valence-corrected chi connectivity index (χ1v) is 3.87. The van der Waals surface area contributed by atoms with Gasteiger partial charge in [-0.25, -0.2) is 0 Å². The molecule has 0 aromatic carbocycles. The highest BCUT2D eigenvalue weighted by molar-refractivity contribution is 4.92. The Balaban J connectivity index is 0. The summed E-state index contributed by atoms with van der Waals surface area (Å²) < 4.78 is 9.28. The Kier molecular flexibility index (Phi) is 11.8. The molecule has 0 spiro atoms. The third-order valence-electron chi connectivity index (χ3n) is 0.607. The monoisotopic (exact) mass is 172 g/mol. The second kappa shape index (κ2) is 10.2. The molecule has 0 aliphatic rings. The molecule has 0 aliphatic heterocycles. The van der Waals surface area contributed by atoms with Crippen molar-refractivity contribution in [1.29, 1.82) is 0 Å². The summed E-state index contributed by atoms with van der Waals surface area (Å²) in [5.41, 5.74) is 2.35. The van der Waals surface area contributed by atoms with Crippen LogP contribution < -0.4 is 0 Å². The molecule has 0 amide bonds. The van der Waals surface area contributed by atoms with Gasteiger partial charge in [-0.1, -0.05) is 0 Å². The lowest BCUT2D eigenvalue weighted by Gasteiger charge is -1.91. The Hall–Kier alpha value is -0.760. The summed E-state index contributed by atoms with van der Waals surface area (Å²) in [6.07, 6.45) is 3.46. The van der Waals surface area contributed by atoms with Gasteiger partial charge in [0.25, 0.3) is 0 Å². The summed E-state index contributed by atoms with van der Waals surface area (Å²) in [4.78, 5) is 0. The highest BCUT2D eigenvalue weighted by Gasteiger charge is 1.75. The van der Waals surface area contributed by atoms with E-state index in [1.165, 1.54) is 11.1 Å². The zero-order valence-electron chi connectivity index (χ0n) is 8.97. The van der Waals surface area contributed by atoms with Crippen molar-refractivity contribution < 1.29 is 9.47 Å². The van der Waals surface area contributed by atoms with Gasteiger partial charge in [0.1, 0.15) is 0 Å².